The highest BCUT2D eigenvalue weighted by Gasteiger charge is 1.92. The summed E-state index contributed by atoms with van der Waals surface area (Å²) in [6.07, 6.45) is 2.50. The third-order valence-corrected chi connectivity index (χ3v) is 3.36. The summed E-state index contributed by atoms with van der Waals surface area (Å²) in [4.78, 5) is 2.38. The van der Waals surface area contributed by atoms with E-state index in [1.807, 2.05) is 0 Å². The Hall–Kier alpha value is -0.200. The van der Waals surface area contributed by atoms with Crippen LogP contribution in [0.1, 0.15) is 89.0 Å². The van der Waals surface area contributed by atoms with E-state index in [0.717, 1.165) is 13.1 Å². The van der Waals surface area contributed by atoms with Gasteiger partial charge in [0.15, 0.2) is 0 Å². The standard InChI is InChI=1S/3C6H15N.C4H11N.CH5N/c1-5(2)7-6(3)4;1-4-7(5-2)6-3;1-3-5-7-6-4-2;1-3-5-4-2;1-2/h5-7H,1-4H3;4-6H2,1-3H3;7H,3-6H2,1-2H3;5H,3-4H2,1-2H3;2H2,1H3. The molecule has 0 fully saturated rings. The topological polar surface area (TPSA) is 65.3 Å². The van der Waals surface area contributed by atoms with E-state index in [1.54, 1.807) is 0 Å². The van der Waals surface area contributed by atoms with Gasteiger partial charge in [-0.3, -0.25) is 0 Å². The second-order valence-corrected chi connectivity index (χ2v) is 6.80. The molecule has 5 N–H and O–H groups in total. The van der Waals surface area contributed by atoms with Crippen molar-refractivity contribution in [3.63, 3.8) is 0 Å². The van der Waals surface area contributed by atoms with Gasteiger partial charge >= 0.3 is 0 Å². The summed E-state index contributed by atoms with van der Waals surface area (Å²) < 4.78 is 0. The average Bonchev–Trinajstić information content (AvgIpc) is 2.66. The first-order valence-electron chi connectivity index (χ1n) is 11.8. The third-order valence-electron chi connectivity index (χ3n) is 3.36. The minimum absolute atomic E-state index is 0.625. The molecule has 5 nitrogen and oxygen atoms in total. The van der Waals surface area contributed by atoms with E-state index in [2.05, 4.69) is 103 Å². The van der Waals surface area contributed by atoms with Crippen molar-refractivity contribution in [3.8, 4) is 0 Å². The van der Waals surface area contributed by atoms with Crippen molar-refractivity contribution in [2.75, 3.05) is 52.9 Å². The van der Waals surface area contributed by atoms with Crippen molar-refractivity contribution < 1.29 is 0 Å². The van der Waals surface area contributed by atoms with Crippen LogP contribution in [-0.2, 0) is 0 Å². The van der Waals surface area contributed by atoms with Gasteiger partial charge in [0, 0.05) is 12.1 Å². The summed E-state index contributed by atoms with van der Waals surface area (Å²) >= 11 is 0. The Morgan fingerprint density at radius 2 is 0.929 bits per heavy atom. The molecule has 0 amide bonds. The predicted molar refractivity (Wildman–Crippen MR) is 135 cm³/mol. The Kier molecular flexibility index (Phi) is 56.6. The Morgan fingerprint density at radius 3 is 1.00 bits per heavy atom. The Bertz CT molecular complexity index is 178. The number of nitrogens with zero attached hydrogens (tertiary/aromatic N) is 1. The zero-order valence-electron chi connectivity index (χ0n) is 22.0. The molecule has 0 radical (unpaired) electrons. The van der Waals surface area contributed by atoms with E-state index >= 15 is 0 Å². The quantitative estimate of drug-likeness (QED) is 0.384. The SMILES string of the molecule is CC(C)NC(C)C.CCCNCCC.CCN(CC)CC.CCNCC.CN. The summed E-state index contributed by atoms with van der Waals surface area (Å²) in [5.41, 5.74) is 4.50. The molecule has 0 aliphatic carbocycles. The van der Waals surface area contributed by atoms with Gasteiger partial charge in [-0.25, -0.2) is 0 Å². The molecule has 0 saturated carbocycles. The van der Waals surface area contributed by atoms with Gasteiger partial charge in [-0.1, -0.05) is 76.2 Å². The van der Waals surface area contributed by atoms with Crippen LogP contribution in [0, 0.1) is 0 Å². The van der Waals surface area contributed by atoms with Gasteiger partial charge < -0.3 is 26.6 Å². The van der Waals surface area contributed by atoms with E-state index in [0.29, 0.717) is 12.1 Å². The lowest BCUT2D eigenvalue weighted by Gasteiger charge is -2.13. The van der Waals surface area contributed by atoms with Crippen molar-refractivity contribution in [2.24, 2.45) is 5.73 Å². The van der Waals surface area contributed by atoms with Crippen LogP contribution in [0.2, 0.25) is 0 Å². The first kappa shape index (κ1) is 38.4. The van der Waals surface area contributed by atoms with Crippen molar-refractivity contribution >= 4 is 0 Å². The van der Waals surface area contributed by atoms with E-state index < -0.39 is 0 Å². The van der Waals surface area contributed by atoms with Crippen molar-refractivity contribution in [2.45, 2.75) is 101 Å². The Labute approximate surface area is 181 Å². The first-order valence-corrected chi connectivity index (χ1v) is 11.8. The summed E-state index contributed by atoms with van der Waals surface area (Å²) in [7, 11) is 1.50. The van der Waals surface area contributed by atoms with Gasteiger partial charge in [-0.05, 0) is 65.7 Å². The number of hydrogen-bond donors (Lipinski definition) is 4. The molecule has 0 aromatic rings. The zero-order chi connectivity index (χ0) is 23.2. The molecule has 0 rings (SSSR count). The van der Waals surface area contributed by atoms with Crippen LogP contribution in [0.25, 0.3) is 0 Å². The van der Waals surface area contributed by atoms with Crippen LogP contribution in [-0.4, -0.2) is 69.8 Å². The van der Waals surface area contributed by atoms with Gasteiger partial charge in [-0.2, -0.15) is 0 Å². The fraction of sp³-hybridized carbons (Fsp3) is 1.00. The van der Waals surface area contributed by atoms with Crippen LogP contribution in [0.3, 0.4) is 0 Å². The molecule has 0 atom stereocenters. The van der Waals surface area contributed by atoms with E-state index in [1.165, 1.54) is 52.6 Å². The molecule has 28 heavy (non-hydrogen) atoms. The molecule has 0 aliphatic heterocycles. The maximum atomic E-state index is 4.50. The predicted octanol–water partition coefficient (Wildman–Crippen LogP) is 4.33. The van der Waals surface area contributed by atoms with Gasteiger partial charge in [0.2, 0.25) is 0 Å². The lowest BCUT2D eigenvalue weighted by atomic mass is 10.3. The highest BCUT2D eigenvalue weighted by Crippen LogP contribution is 1.82. The van der Waals surface area contributed by atoms with Gasteiger partial charge in [-0.15, -0.1) is 0 Å². The highest BCUT2D eigenvalue weighted by atomic mass is 15.1. The van der Waals surface area contributed by atoms with Gasteiger partial charge in [0.25, 0.3) is 0 Å². The molecule has 0 spiro atoms. The number of nitrogens with two attached hydrogens (primary N) is 1. The lowest BCUT2D eigenvalue weighted by molar-refractivity contribution is 0.321. The highest BCUT2D eigenvalue weighted by molar-refractivity contribution is 4.55. The zero-order valence-corrected chi connectivity index (χ0v) is 22.0. The number of rotatable bonds is 11. The van der Waals surface area contributed by atoms with Crippen molar-refractivity contribution in [3.05, 3.63) is 0 Å². The second kappa shape index (κ2) is 41.2. The summed E-state index contributed by atoms with van der Waals surface area (Å²) in [5, 5.41) is 9.70. The minimum atomic E-state index is 0.625. The molecule has 0 unspecified atom stereocenters. The maximum Gasteiger partial charge on any atom is 0.00127 e. The van der Waals surface area contributed by atoms with Crippen molar-refractivity contribution in [1.82, 2.24) is 20.9 Å². The average molecular weight is 408 g/mol. The van der Waals surface area contributed by atoms with E-state index in [4.69, 9.17) is 0 Å². The number of nitrogens with one attached hydrogen (secondary N) is 3. The lowest BCUT2D eigenvalue weighted by Crippen LogP contribution is -2.29. The summed E-state index contributed by atoms with van der Waals surface area (Å²) in [6.45, 7) is 31.8. The monoisotopic (exact) mass is 407 g/mol. The third kappa shape index (κ3) is 63.6. The van der Waals surface area contributed by atoms with Gasteiger partial charge in [0.05, 0.1) is 0 Å². The Balaban J connectivity index is -0.0000000820. The molecular weight excluding hydrogens is 346 g/mol. The first-order chi connectivity index (χ1) is 13.3. The van der Waals surface area contributed by atoms with Crippen LogP contribution < -0.4 is 21.7 Å². The fourth-order valence-electron chi connectivity index (χ4n) is 2.07. The molecule has 0 aromatic carbocycles. The van der Waals surface area contributed by atoms with E-state index in [-0.39, 0.29) is 0 Å². The molecule has 5 heteroatoms. The fourth-order valence-corrected chi connectivity index (χ4v) is 2.07. The molecule has 0 bridgehead atoms. The maximum absolute atomic E-state index is 4.50. The summed E-state index contributed by atoms with van der Waals surface area (Å²) in [5.74, 6) is 0. The van der Waals surface area contributed by atoms with Gasteiger partial charge in [0.1, 0.15) is 0 Å². The van der Waals surface area contributed by atoms with E-state index in [9.17, 15) is 0 Å². The Morgan fingerprint density at radius 1 is 0.607 bits per heavy atom. The normalized spacial score (nSPS) is 9.43. The number of hydrogen-bond acceptors (Lipinski definition) is 5. The van der Waals surface area contributed by atoms with Crippen LogP contribution in [0.5, 0.6) is 0 Å². The van der Waals surface area contributed by atoms with Crippen LogP contribution in [0.15, 0.2) is 0 Å². The van der Waals surface area contributed by atoms with Crippen LogP contribution in [0.4, 0.5) is 0 Å². The summed E-state index contributed by atoms with van der Waals surface area (Å²) in [6, 6.07) is 1.25. The largest absolute Gasteiger partial charge is 0.333 e. The smallest absolute Gasteiger partial charge is 0.00127 e. The molecule has 0 aliphatic rings. The molecule has 0 aromatic heterocycles. The molecule has 0 heterocycles. The van der Waals surface area contributed by atoms with Crippen LogP contribution >= 0.6 is 0 Å². The second-order valence-electron chi connectivity index (χ2n) is 6.80. The van der Waals surface area contributed by atoms with Crippen molar-refractivity contribution in [1.29, 1.82) is 0 Å². The minimum Gasteiger partial charge on any atom is -0.333 e. The molecular formula is C23H61N5. The molecule has 0 saturated heterocycles. The molecule has 178 valence electrons.